The molecule has 2 atom stereocenters. The van der Waals surface area contributed by atoms with Crippen molar-refractivity contribution in [1.29, 1.82) is 0 Å². The Kier molecular flexibility index (Phi) is 2.86. The predicted molar refractivity (Wildman–Crippen MR) is 89.5 cm³/mol. The number of halogens is 1. The average molecular weight is 346 g/mol. The van der Waals surface area contributed by atoms with Gasteiger partial charge in [-0.25, -0.2) is 0 Å². The van der Waals surface area contributed by atoms with Gasteiger partial charge in [0, 0.05) is 11.0 Å². The molecule has 5 aliphatic rings. The highest BCUT2D eigenvalue weighted by Crippen LogP contribution is 2.66. The first-order chi connectivity index (χ1) is 10.3. The van der Waals surface area contributed by atoms with Crippen LogP contribution in [0.5, 0.6) is 0 Å². The van der Waals surface area contributed by atoms with Crippen molar-refractivity contribution in [3.05, 3.63) is 33.8 Å². The minimum absolute atomic E-state index is 0.692. The minimum atomic E-state index is 0.692. The fraction of sp³-hybridized carbons (Fsp3) is 0.684. The molecule has 0 amide bonds. The lowest BCUT2D eigenvalue weighted by Gasteiger charge is -2.51. The Bertz CT molecular complexity index is 569. The van der Waals surface area contributed by atoms with Gasteiger partial charge in [0.25, 0.3) is 0 Å². The van der Waals surface area contributed by atoms with E-state index in [0.717, 1.165) is 17.8 Å². The van der Waals surface area contributed by atoms with Crippen molar-refractivity contribution in [1.82, 2.24) is 4.90 Å². The molecule has 1 unspecified atom stereocenters. The number of hydrogen-bond donors (Lipinski definition) is 0. The van der Waals surface area contributed by atoms with Crippen molar-refractivity contribution in [2.45, 2.75) is 44.4 Å². The van der Waals surface area contributed by atoms with E-state index in [0.29, 0.717) is 5.41 Å². The number of fused-ring (bicyclic) bond motifs is 4. The summed E-state index contributed by atoms with van der Waals surface area (Å²) in [6.07, 6.45) is 8.68. The molecule has 2 heteroatoms. The highest BCUT2D eigenvalue weighted by Gasteiger charge is 2.56. The van der Waals surface area contributed by atoms with Gasteiger partial charge in [-0.05, 0) is 98.0 Å². The van der Waals surface area contributed by atoms with E-state index in [1.165, 1.54) is 62.6 Å². The maximum Gasteiger partial charge on any atom is 0.0178 e. The maximum atomic E-state index is 3.73. The average Bonchev–Trinajstić information content (AvgIpc) is 3.28. The van der Waals surface area contributed by atoms with Gasteiger partial charge in [-0.3, -0.25) is 0 Å². The Balaban J connectivity index is 1.59. The molecule has 1 spiro atoms. The second-order valence-corrected chi connectivity index (χ2v) is 8.90. The van der Waals surface area contributed by atoms with Gasteiger partial charge >= 0.3 is 0 Å². The molecular formula is C19H24BrN. The summed E-state index contributed by atoms with van der Waals surface area (Å²) in [7, 11) is 0. The second kappa shape index (κ2) is 4.58. The zero-order chi connectivity index (χ0) is 14.0. The van der Waals surface area contributed by atoms with Crippen LogP contribution in [0.4, 0.5) is 0 Å². The van der Waals surface area contributed by atoms with E-state index in [4.69, 9.17) is 0 Å². The lowest BCUT2D eigenvalue weighted by atomic mass is 9.61. The van der Waals surface area contributed by atoms with Crippen molar-refractivity contribution in [3.63, 3.8) is 0 Å². The fourth-order valence-electron chi connectivity index (χ4n) is 5.75. The van der Waals surface area contributed by atoms with Gasteiger partial charge in [-0.1, -0.05) is 22.0 Å². The normalized spacial score (nSPS) is 39.3. The zero-order valence-corrected chi connectivity index (χ0v) is 14.2. The Hall–Kier alpha value is -0.340. The summed E-state index contributed by atoms with van der Waals surface area (Å²) in [5.74, 6) is 2.79. The monoisotopic (exact) mass is 345 g/mol. The number of benzene rings is 1. The first-order valence-electron chi connectivity index (χ1n) is 8.76. The van der Waals surface area contributed by atoms with Crippen molar-refractivity contribution >= 4 is 15.9 Å². The molecular weight excluding hydrogens is 322 g/mol. The molecule has 2 aliphatic carbocycles. The number of rotatable bonds is 1. The Labute approximate surface area is 136 Å². The molecule has 0 radical (unpaired) electrons. The van der Waals surface area contributed by atoms with E-state index in [9.17, 15) is 0 Å². The number of piperidine rings is 3. The molecule has 1 saturated carbocycles. The molecule has 21 heavy (non-hydrogen) atoms. The third kappa shape index (κ3) is 1.98. The van der Waals surface area contributed by atoms with E-state index in [-0.39, 0.29) is 0 Å². The van der Waals surface area contributed by atoms with Gasteiger partial charge in [-0.2, -0.15) is 0 Å². The summed E-state index contributed by atoms with van der Waals surface area (Å²) >= 11 is 3.73. The molecule has 1 nitrogen and oxygen atoms in total. The van der Waals surface area contributed by atoms with Crippen molar-refractivity contribution in [2.24, 2.45) is 17.3 Å². The molecule has 1 aromatic rings. The van der Waals surface area contributed by atoms with Gasteiger partial charge in [0.05, 0.1) is 0 Å². The third-order valence-electron chi connectivity index (χ3n) is 7.02. The summed E-state index contributed by atoms with van der Waals surface area (Å²) in [5, 5.41) is 0. The minimum Gasteiger partial charge on any atom is -0.303 e. The molecule has 0 N–H and O–H groups in total. The smallest absolute Gasteiger partial charge is 0.0178 e. The summed E-state index contributed by atoms with van der Waals surface area (Å²) in [6, 6.07) is 7.11. The van der Waals surface area contributed by atoms with Gasteiger partial charge in [-0.15, -0.1) is 0 Å². The van der Waals surface area contributed by atoms with E-state index < -0.39 is 0 Å². The second-order valence-electron chi connectivity index (χ2n) is 7.99. The molecule has 6 rings (SSSR count). The van der Waals surface area contributed by atoms with Crippen molar-refractivity contribution < 1.29 is 0 Å². The van der Waals surface area contributed by atoms with Crippen LogP contribution in [-0.2, 0) is 6.42 Å². The molecule has 3 saturated heterocycles. The Morgan fingerprint density at radius 3 is 2.57 bits per heavy atom. The Morgan fingerprint density at radius 1 is 1.10 bits per heavy atom. The number of aryl methyl sites for hydroxylation is 1. The molecule has 1 aromatic carbocycles. The summed E-state index contributed by atoms with van der Waals surface area (Å²) in [5.41, 5.74) is 4.06. The number of hydrogen-bond acceptors (Lipinski definition) is 1. The van der Waals surface area contributed by atoms with Gasteiger partial charge in [0.1, 0.15) is 0 Å². The van der Waals surface area contributed by atoms with Crippen LogP contribution < -0.4 is 0 Å². The van der Waals surface area contributed by atoms with Crippen LogP contribution in [0.25, 0.3) is 0 Å². The van der Waals surface area contributed by atoms with E-state index >= 15 is 0 Å². The first-order valence-corrected chi connectivity index (χ1v) is 9.55. The molecule has 2 bridgehead atoms. The SMILES string of the molecule is Brc1ccc2c(c1)[C@@H](C1CN3CCC1CC3)C1(CC2)CC1. The lowest BCUT2D eigenvalue weighted by Crippen LogP contribution is -2.51. The van der Waals surface area contributed by atoms with Crippen LogP contribution in [0.15, 0.2) is 22.7 Å². The largest absolute Gasteiger partial charge is 0.303 e. The van der Waals surface area contributed by atoms with Crippen LogP contribution in [0.1, 0.15) is 49.1 Å². The standard InChI is InChI=1S/C19H24BrN/c20-15-2-1-13-3-6-19(7-8-19)18(16(13)11-15)17-12-21-9-4-14(17)5-10-21/h1-2,11,14,17-18H,3-10,12H2/t17?,18-/m0/s1. The topological polar surface area (TPSA) is 3.24 Å². The highest BCUT2D eigenvalue weighted by molar-refractivity contribution is 9.10. The number of nitrogens with zero attached hydrogens (tertiary/aromatic N) is 1. The Morgan fingerprint density at radius 2 is 1.90 bits per heavy atom. The molecule has 3 aliphatic heterocycles. The van der Waals surface area contributed by atoms with E-state index in [2.05, 4.69) is 39.0 Å². The molecule has 0 aromatic heterocycles. The lowest BCUT2D eigenvalue weighted by molar-refractivity contribution is 0.0178. The summed E-state index contributed by atoms with van der Waals surface area (Å²) in [6.45, 7) is 4.11. The van der Waals surface area contributed by atoms with Crippen LogP contribution in [-0.4, -0.2) is 24.5 Å². The predicted octanol–water partition coefficient (Wildman–Crippen LogP) is 4.60. The van der Waals surface area contributed by atoms with Crippen LogP contribution >= 0.6 is 15.9 Å². The van der Waals surface area contributed by atoms with Crippen LogP contribution in [0.3, 0.4) is 0 Å². The zero-order valence-electron chi connectivity index (χ0n) is 12.7. The third-order valence-corrected chi connectivity index (χ3v) is 7.52. The van der Waals surface area contributed by atoms with E-state index in [1.807, 2.05) is 0 Å². The highest BCUT2D eigenvalue weighted by atomic mass is 79.9. The van der Waals surface area contributed by atoms with E-state index in [1.54, 1.807) is 11.1 Å². The maximum absolute atomic E-state index is 3.73. The fourth-order valence-corrected chi connectivity index (χ4v) is 6.13. The van der Waals surface area contributed by atoms with Gasteiger partial charge in [0.2, 0.25) is 0 Å². The van der Waals surface area contributed by atoms with Gasteiger partial charge < -0.3 is 4.90 Å². The van der Waals surface area contributed by atoms with Gasteiger partial charge in [0.15, 0.2) is 0 Å². The molecule has 3 heterocycles. The summed E-state index contributed by atoms with van der Waals surface area (Å²) in [4.78, 5) is 2.74. The van der Waals surface area contributed by atoms with Crippen LogP contribution in [0.2, 0.25) is 0 Å². The first kappa shape index (κ1) is 13.1. The van der Waals surface area contributed by atoms with Crippen molar-refractivity contribution in [2.75, 3.05) is 19.6 Å². The quantitative estimate of drug-likeness (QED) is 0.718. The summed E-state index contributed by atoms with van der Waals surface area (Å²) < 4.78 is 1.28. The van der Waals surface area contributed by atoms with Crippen LogP contribution in [0, 0.1) is 17.3 Å². The van der Waals surface area contributed by atoms with Crippen molar-refractivity contribution in [3.8, 4) is 0 Å². The molecule has 112 valence electrons. The molecule has 4 fully saturated rings.